The lowest BCUT2D eigenvalue weighted by Gasteiger charge is -2.30. The Kier molecular flexibility index (Phi) is 4.54. The number of hydrogen-bond acceptors (Lipinski definition) is 4. The number of hydrogen-bond donors (Lipinski definition) is 1. The molecule has 4 aromatic rings. The summed E-state index contributed by atoms with van der Waals surface area (Å²) in [5, 5.41) is 1.13. The predicted octanol–water partition coefficient (Wildman–Crippen LogP) is 3.56. The number of aryl methyl sites for hydroxylation is 1. The first-order valence-corrected chi connectivity index (χ1v) is 11.5. The smallest absolute Gasteiger partial charge is 0.253 e. The Morgan fingerprint density at radius 1 is 1.19 bits per heavy atom. The van der Waals surface area contributed by atoms with Gasteiger partial charge in [0.2, 0.25) is 0 Å². The Hall–Kier alpha value is -3.19. The van der Waals surface area contributed by atoms with Crippen molar-refractivity contribution in [3.8, 4) is 11.5 Å². The van der Waals surface area contributed by atoms with Crippen molar-refractivity contribution in [1.82, 2.24) is 24.0 Å². The molecule has 4 heterocycles. The Balaban J connectivity index is 1.42. The minimum atomic E-state index is 0.0429. The van der Waals surface area contributed by atoms with Crippen molar-refractivity contribution in [3.63, 3.8) is 0 Å². The molecule has 0 spiro atoms. The number of nitrogens with two attached hydrogens (primary N) is 1. The van der Waals surface area contributed by atoms with Crippen LogP contribution in [0.1, 0.15) is 36.0 Å². The molecule has 0 radical (unpaired) electrons. The van der Waals surface area contributed by atoms with E-state index in [-0.39, 0.29) is 11.9 Å². The summed E-state index contributed by atoms with van der Waals surface area (Å²) in [5.74, 6) is 1.67. The predicted molar refractivity (Wildman–Crippen MR) is 125 cm³/mol. The molecule has 164 valence electrons. The third kappa shape index (κ3) is 3.28. The van der Waals surface area contributed by atoms with Crippen molar-refractivity contribution in [2.24, 2.45) is 18.7 Å². The van der Waals surface area contributed by atoms with Gasteiger partial charge in [-0.3, -0.25) is 4.79 Å². The summed E-state index contributed by atoms with van der Waals surface area (Å²) in [6, 6.07) is 12.2. The van der Waals surface area contributed by atoms with Crippen LogP contribution in [0, 0.1) is 5.92 Å². The van der Waals surface area contributed by atoms with E-state index in [2.05, 4.69) is 26.3 Å². The Labute approximate surface area is 186 Å². The van der Waals surface area contributed by atoms with Crippen LogP contribution in [-0.4, -0.2) is 49.0 Å². The third-order valence-electron chi connectivity index (χ3n) is 6.90. The maximum Gasteiger partial charge on any atom is 0.253 e. The van der Waals surface area contributed by atoms with Crippen LogP contribution in [0.3, 0.4) is 0 Å². The van der Waals surface area contributed by atoms with Gasteiger partial charge in [-0.15, -0.1) is 0 Å². The molecular weight excluding hydrogens is 400 g/mol. The second kappa shape index (κ2) is 7.45. The number of rotatable bonds is 4. The highest BCUT2D eigenvalue weighted by atomic mass is 16.2. The Morgan fingerprint density at radius 3 is 2.88 bits per heavy atom. The molecule has 0 bridgehead atoms. The number of carbonyl (C=O) groups excluding carboxylic acids is 1. The van der Waals surface area contributed by atoms with Gasteiger partial charge in [-0.25, -0.2) is 9.97 Å². The van der Waals surface area contributed by atoms with Crippen LogP contribution in [0.5, 0.6) is 0 Å². The van der Waals surface area contributed by atoms with E-state index in [0.29, 0.717) is 12.1 Å². The highest BCUT2D eigenvalue weighted by molar-refractivity contribution is 5.98. The van der Waals surface area contributed by atoms with E-state index in [1.807, 2.05) is 42.4 Å². The van der Waals surface area contributed by atoms with Crippen LogP contribution < -0.4 is 5.73 Å². The van der Waals surface area contributed by atoms with E-state index in [4.69, 9.17) is 10.7 Å². The van der Waals surface area contributed by atoms with Gasteiger partial charge in [0.25, 0.3) is 5.91 Å². The monoisotopic (exact) mass is 428 g/mol. The maximum absolute atomic E-state index is 13.1. The molecule has 7 nitrogen and oxygen atoms in total. The van der Waals surface area contributed by atoms with E-state index in [0.717, 1.165) is 65.4 Å². The maximum atomic E-state index is 13.1. The zero-order valence-electron chi connectivity index (χ0n) is 18.4. The number of imidazole rings is 1. The molecule has 6 rings (SSSR count). The van der Waals surface area contributed by atoms with Gasteiger partial charge >= 0.3 is 0 Å². The number of benzene rings is 1. The number of carbonyl (C=O) groups is 1. The van der Waals surface area contributed by atoms with Gasteiger partial charge < -0.3 is 19.8 Å². The second-order valence-electron chi connectivity index (χ2n) is 9.35. The summed E-state index contributed by atoms with van der Waals surface area (Å²) in [4.78, 5) is 24.6. The van der Waals surface area contributed by atoms with Crippen LogP contribution in [0.4, 0.5) is 0 Å². The summed E-state index contributed by atoms with van der Waals surface area (Å²) in [5.41, 5.74) is 10.7. The molecule has 2 N–H and O–H groups in total. The largest absolute Gasteiger partial charge is 0.337 e. The third-order valence-corrected chi connectivity index (χ3v) is 6.90. The first-order valence-electron chi connectivity index (χ1n) is 11.5. The normalized spacial score (nSPS) is 19.2. The number of aromatic nitrogens is 4. The fraction of sp³-hybridized carbons (Fsp3) is 0.400. The minimum Gasteiger partial charge on any atom is -0.337 e. The molecule has 1 unspecified atom stereocenters. The first kappa shape index (κ1) is 19.5. The Bertz CT molecular complexity index is 1330. The van der Waals surface area contributed by atoms with Gasteiger partial charge in [0.15, 0.2) is 5.82 Å². The van der Waals surface area contributed by atoms with Gasteiger partial charge in [-0.1, -0.05) is 0 Å². The van der Waals surface area contributed by atoms with Crippen LogP contribution in [0.15, 0.2) is 42.6 Å². The summed E-state index contributed by atoms with van der Waals surface area (Å²) >= 11 is 0. The second-order valence-corrected chi connectivity index (χ2v) is 9.35. The van der Waals surface area contributed by atoms with Crippen LogP contribution in [0.2, 0.25) is 0 Å². The highest BCUT2D eigenvalue weighted by Crippen LogP contribution is 2.36. The molecule has 1 atom stereocenters. The fourth-order valence-electron chi connectivity index (χ4n) is 4.95. The number of nitrogens with zero attached hydrogens (tertiary/aromatic N) is 5. The van der Waals surface area contributed by atoms with Crippen molar-refractivity contribution >= 4 is 28.0 Å². The Morgan fingerprint density at radius 2 is 2.06 bits per heavy atom. The summed E-state index contributed by atoms with van der Waals surface area (Å²) in [7, 11) is 2.04. The van der Waals surface area contributed by atoms with Crippen molar-refractivity contribution in [3.05, 3.63) is 48.2 Å². The number of amides is 1. The molecule has 3 aromatic heterocycles. The van der Waals surface area contributed by atoms with Crippen LogP contribution in [0.25, 0.3) is 33.6 Å². The molecule has 1 amide bonds. The van der Waals surface area contributed by atoms with E-state index < -0.39 is 0 Å². The van der Waals surface area contributed by atoms with E-state index in [1.54, 1.807) is 0 Å². The zero-order chi connectivity index (χ0) is 21.8. The molecule has 2 fully saturated rings. The number of likely N-dealkylation sites (tertiary alicyclic amines) is 1. The zero-order valence-corrected chi connectivity index (χ0v) is 18.4. The van der Waals surface area contributed by atoms with E-state index in [1.165, 1.54) is 12.8 Å². The van der Waals surface area contributed by atoms with E-state index in [9.17, 15) is 4.79 Å². The molecule has 1 saturated carbocycles. The highest BCUT2D eigenvalue weighted by Gasteiger charge is 2.26. The quantitative estimate of drug-likeness (QED) is 0.539. The lowest BCUT2D eigenvalue weighted by atomic mass is 10.1. The van der Waals surface area contributed by atoms with Gasteiger partial charge in [-0.05, 0) is 68.0 Å². The van der Waals surface area contributed by atoms with Crippen LogP contribution >= 0.6 is 0 Å². The molecule has 2 aliphatic rings. The van der Waals surface area contributed by atoms with Crippen molar-refractivity contribution in [2.45, 2.75) is 38.3 Å². The van der Waals surface area contributed by atoms with Crippen LogP contribution in [-0.2, 0) is 13.6 Å². The summed E-state index contributed by atoms with van der Waals surface area (Å²) in [6.45, 7) is 2.36. The first-order chi connectivity index (χ1) is 15.6. The lowest BCUT2D eigenvalue weighted by molar-refractivity contribution is 0.0709. The van der Waals surface area contributed by atoms with Gasteiger partial charge in [-0.2, -0.15) is 0 Å². The summed E-state index contributed by atoms with van der Waals surface area (Å²) in [6.07, 6.45) is 6.35. The average molecular weight is 429 g/mol. The van der Waals surface area contributed by atoms with Gasteiger partial charge in [0.05, 0.1) is 16.7 Å². The lowest BCUT2D eigenvalue weighted by Crippen LogP contribution is -2.45. The minimum absolute atomic E-state index is 0.0429. The molecule has 32 heavy (non-hydrogen) atoms. The van der Waals surface area contributed by atoms with Crippen molar-refractivity contribution in [2.75, 3.05) is 13.1 Å². The van der Waals surface area contributed by atoms with Gasteiger partial charge in [0, 0.05) is 49.9 Å². The summed E-state index contributed by atoms with van der Waals surface area (Å²) < 4.78 is 4.44. The van der Waals surface area contributed by atoms with Crippen molar-refractivity contribution in [1.29, 1.82) is 0 Å². The topological polar surface area (TPSA) is 82.0 Å². The molecular formula is C25H28N6O. The SMILES string of the molecule is Cn1c(-c2cc3cccnc3n2CC2CC2)nc2cc(C(=O)N3CCCC(N)C3)ccc21. The van der Waals surface area contributed by atoms with E-state index >= 15 is 0 Å². The number of pyridine rings is 1. The van der Waals surface area contributed by atoms with Gasteiger partial charge in [0.1, 0.15) is 5.65 Å². The molecule has 1 saturated heterocycles. The van der Waals surface area contributed by atoms with Crippen molar-refractivity contribution < 1.29 is 4.79 Å². The molecule has 7 heteroatoms. The molecule has 1 aromatic carbocycles. The molecule has 1 aliphatic carbocycles. The fourth-order valence-corrected chi connectivity index (χ4v) is 4.95. The number of fused-ring (bicyclic) bond motifs is 2. The average Bonchev–Trinajstić information content (AvgIpc) is 3.48. The standard InChI is InChI=1S/C25H28N6O/c1-29-21-9-8-18(25(32)30-11-3-5-19(26)15-30)12-20(21)28-24(29)22-13-17-4-2-10-27-23(17)31(22)14-16-6-7-16/h2,4,8-10,12-13,16,19H,3,5-7,11,14-15,26H2,1H3. The molecule has 1 aliphatic heterocycles. The number of piperidine rings is 1.